The van der Waals surface area contributed by atoms with E-state index in [4.69, 9.17) is 16.3 Å². The van der Waals surface area contributed by atoms with Crippen LogP contribution in [0.4, 0.5) is 5.69 Å². The van der Waals surface area contributed by atoms with Crippen LogP contribution < -0.4 is 14.9 Å². The smallest absolute Gasteiger partial charge is 0.343 e. The molecule has 11 heteroatoms. The van der Waals surface area contributed by atoms with Crippen LogP contribution in [0.2, 0.25) is 5.02 Å². The van der Waals surface area contributed by atoms with Crippen LogP contribution in [0.25, 0.3) is 0 Å². The van der Waals surface area contributed by atoms with E-state index in [9.17, 15) is 18.0 Å². The first-order chi connectivity index (χ1) is 18.2. The zero-order chi connectivity index (χ0) is 27.1. The van der Waals surface area contributed by atoms with Crippen molar-refractivity contribution in [1.29, 1.82) is 0 Å². The number of rotatable bonds is 8. The summed E-state index contributed by atoms with van der Waals surface area (Å²) in [5.74, 6) is -0.790. The second-order valence-electron chi connectivity index (χ2n) is 7.77. The summed E-state index contributed by atoms with van der Waals surface area (Å²) in [5.41, 5.74) is 3.78. The number of hydrazone groups is 1. The highest BCUT2D eigenvalue weighted by atomic mass is 79.9. The second-order valence-corrected chi connectivity index (χ2v) is 10.8. The van der Waals surface area contributed by atoms with Gasteiger partial charge in [0.1, 0.15) is 5.75 Å². The minimum absolute atomic E-state index is 0.0550. The van der Waals surface area contributed by atoms with Gasteiger partial charge >= 0.3 is 5.97 Å². The Kier molecular flexibility index (Phi) is 8.57. The normalized spacial score (nSPS) is 11.2. The molecule has 0 aromatic heterocycles. The maximum atomic E-state index is 12.5. The van der Waals surface area contributed by atoms with Crippen molar-refractivity contribution in [3.63, 3.8) is 0 Å². The van der Waals surface area contributed by atoms with Gasteiger partial charge in [0.25, 0.3) is 15.9 Å². The van der Waals surface area contributed by atoms with Crippen molar-refractivity contribution in [2.45, 2.75) is 4.90 Å². The van der Waals surface area contributed by atoms with E-state index >= 15 is 0 Å². The minimum atomic E-state index is -3.81. The highest BCUT2D eigenvalue weighted by Crippen LogP contribution is 2.23. The Hall–Kier alpha value is -3.99. The number of halogens is 2. The topological polar surface area (TPSA) is 114 Å². The summed E-state index contributed by atoms with van der Waals surface area (Å²) >= 11 is 9.18. The van der Waals surface area contributed by atoms with Crippen LogP contribution in [-0.2, 0) is 10.0 Å². The third kappa shape index (κ3) is 7.06. The monoisotopic (exact) mass is 611 g/mol. The van der Waals surface area contributed by atoms with Crippen molar-refractivity contribution in [2.75, 3.05) is 4.72 Å². The highest BCUT2D eigenvalue weighted by molar-refractivity contribution is 9.10. The molecule has 0 fully saturated rings. The van der Waals surface area contributed by atoms with E-state index < -0.39 is 21.9 Å². The van der Waals surface area contributed by atoms with Gasteiger partial charge in [-0.2, -0.15) is 5.10 Å². The number of anilines is 1. The average molecular weight is 613 g/mol. The molecular weight excluding hydrogens is 594 g/mol. The molecule has 0 saturated heterocycles. The van der Waals surface area contributed by atoms with E-state index in [1.807, 2.05) is 0 Å². The van der Waals surface area contributed by atoms with Crippen molar-refractivity contribution < 1.29 is 22.7 Å². The molecule has 1 amide bonds. The number of nitrogens with one attached hydrogen (secondary N) is 2. The van der Waals surface area contributed by atoms with Gasteiger partial charge in [-0.05, 0) is 78.9 Å². The Balaban J connectivity index is 1.40. The summed E-state index contributed by atoms with van der Waals surface area (Å²) in [6.45, 7) is 0. The largest absolute Gasteiger partial charge is 0.422 e. The average Bonchev–Trinajstić information content (AvgIpc) is 2.91. The molecule has 8 nitrogen and oxygen atoms in total. The Labute approximate surface area is 232 Å². The number of amides is 1. The van der Waals surface area contributed by atoms with E-state index in [0.717, 1.165) is 4.47 Å². The summed E-state index contributed by atoms with van der Waals surface area (Å²) in [7, 11) is -3.81. The molecular formula is C27H19BrClN3O5S. The lowest BCUT2D eigenvalue weighted by Gasteiger charge is -2.09. The lowest BCUT2D eigenvalue weighted by Crippen LogP contribution is -2.18. The number of carbonyl (C=O) groups excluding carboxylic acids is 2. The van der Waals surface area contributed by atoms with Crippen LogP contribution in [0.15, 0.2) is 112 Å². The Morgan fingerprint density at radius 2 is 1.55 bits per heavy atom. The second kappa shape index (κ2) is 12.0. The van der Waals surface area contributed by atoms with Crippen molar-refractivity contribution in [3.05, 3.63) is 123 Å². The fraction of sp³-hybridized carbons (Fsp3) is 0. The van der Waals surface area contributed by atoms with Crippen molar-refractivity contribution in [3.8, 4) is 5.75 Å². The first kappa shape index (κ1) is 27.1. The van der Waals surface area contributed by atoms with E-state index in [1.54, 1.807) is 48.5 Å². The van der Waals surface area contributed by atoms with Crippen LogP contribution in [0, 0.1) is 0 Å². The first-order valence-electron chi connectivity index (χ1n) is 11.0. The number of benzene rings is 4. The van der Waals surface area contributed by atoms with Crippen molar-refractivity contribution in [2.24, 2.45) is 5.10 Å². The van der Waals surface area contributed by atoms with Crippen molar-refractivity contribution in [1.82, 2.24) is 5.43 Å². The number of hydrogen-bond donors (Lipinski definition) is 2. The third-order valence-electron chi connectivity index (χ3n) is 5.08. The van der Waals surface area contributed by atoms with Gasteiger partial charge in [-0.3, -0.25) is 9.52 Å². The molecule has 0 unspecified atom stereocenters. The molecule has 0 aliphatic rings. The van der Waals surface area contributed by atoms with E-state index in [2.05, 4.69) is 31.2 Å². The van der Waals surface area contributed by atoms with Crippen LogP contribution in [0.5, 0.6) is 5.75 Å². The van der Waals surface area contributed by atoms with Gasteiger partial charge in [0.15, 0.2) is 0 Å². The van der Waals surface area contributed by atoms with E-state index in [0.29, 0.717) is 16.1 Å². The molecule has 0 aliphatic heterocycles. The van der Waals surface area contributed by atoms with E-state index in [1.165, 1.54) is 54.7 Å². The highest BCUT2D eigenvalue weighted by Gasteiger charge is 2.15. The molecule has 0 saturated carbocycles. The Morgan fingerprint density at radius 1 is 0.868 bits per heavy atom. The molecule has 4 aromatic carbocycles. The number of nitrogens with zero attached hydrogens (tertiary/aromatic N) is 1. The van der Waals surface area contributed by atoms with Gasteiger partial charge in [0, 0.05) is 26.3 Å². The quantitative estimate of drug-likeness (QED) is 0.112. The minimum Gasteiger partial charge on any atom is -0.422 e. The lowest BCUT2D eigenvalue weighted by atomic mass is 10.2. The molecule has 0 bridgehead atoms. The number of carbonyl (C=O) groups is 2. The Morgan fingerprint density at radius 3 is 2.24 bits per heavy atom. The molecule has 2 N–H and O–H groups in total. The van der Waals surface area contributed by atoms with Crippen LogP contribution in [0.3, 0.4) is 0 Å². The predicted molar refractivity (Wildman–Crippen MR) is 149 cm³/mol. The summed E-state index contributed by atoms with van der Waals surface area (Å²) in [4.78, 5) is 25.0. The van der Waals surface area contributed by atoms with Gasteiger partial charge in [-0.25, -0.2) is 18.6 Å². The Bertz CT molecular complexity index is 1590. The molecule has 4 aromatic rings. The molecule has 0 spiro atoms. The summed E-state index contributed by atoms with van der Waals surface area (Å²) < 4.78 is 33.7. The molecule has 0 atom stereocenters. The van der Waals surface area contributed by atoms with Gasteiger partial charge in [-0.1, -0.05) is 45.7 Å². The number of hydrogen-bond acceptors (Lipinski definition) is 6. The molecule has 38 heavy (non-hydrogen) atoms. The van der Waals surface area contributed by atoms with Gasteiger partial charge < -0.3 is 4.74 Å². The van der Waals surface area contributed by atoms with Crippen LogP contribution >= 0.6 is 27.5 Å². The zero-order valence-electron chi connectivity index (χ0n) is 19.5. The number of sulfonamides is 1. The standard InChI is InChI=1S/C27H19BrClN3O5S/c28-21-8-15-25(37-27(34)19-4-2-1-3-5-19)20(16-21)17-30-31-26(33)18-6-11-23(12-7-18)32-38(35,36)24-13-9-22(29)10-14-24/h1-17,32H,(H,31,33)/b30-17-. The zero-order valence-corrected chi connectivity index (χ0v) is 22.6. The van der Waals surface area contributed by atoms with Gasteiger partial charge in [0.2, 0.25) is 0 Å². The third-order valence-corrected chi connectivity index (χ3v) is 7.22. The SMILES string of the molecule is O=C(N/N=C\c1cc(Br)ccc1OC(=O)c1ccccc1)c1ccc(NS(=O)(=O)c2ccc(Cl)cc2)cc1. The lowest BCUT2D eigenvalue weighted by molar-refractivity contribution is 0.0734. The van der Waals surface area contributed by atoms with Gasteiger partial charge in [-0.15, -0.1) is 0 Å². The summed E-state index contributed by atoms with van der Waals surface area (Å²) in [6, 6.07) is 25.1. The first-order valence-corrected chi connectivity index (χ1v) is 13.7. The van der Waals surface area contributed by atoms with Crippen molar-refractivity contribution >= 4 is 61.3 Å². The molecule has 0 heterocycles. The van der Waals surface area contributed by atoms with Gasteiger partial charge in [0.05, 0.1) is 16.7 Å². The summed E-state index contributed by atoms with van der Waals surface area (Å²) in [5, 5.41) is 4.39. The van der Waals surface area contributed by atoms with Crippen LogP contribution in [0.1, 0.15) is 26.3 Å². The predicted octanol–water partition coefficient (Wildman–Crippen LogP) is 5.89. The van der Waals surface area contributed by atoms with E-state index in [-0.39, 0.29) is 21.9 Å². The molecule has 192 valence electrons. The molecule has 4 rings (SSSR count). The molecule has 0 aliphatic carbocycles. The van der Waals surface area contributed by atoms with Crippen LogP contribution in [-0.4, -0.2) is 26.5 Å². The maximum absolute atomic E-state index is 12.5. The maximum Gasteiger partial charge on any atom is 0.343 e. The number of ether oxygens (including phenoxy) is 1. The fourth-order valence-corrected chi connectivity index (χ4v) is 4.75. The fourth-order valence-electron chi connectivity index (χ4n) is 3.19. The number of esters is 1. The summed E-state index contributed by atoms with van der Waals surface area (Å²) in [6.07, 6.45) is 1.35. The molecule has 0 radical (unpaired) electrons.